The van der Waals surface area contributed by atoms with E-state index in [-0.39, 0.29) is 11.9 Å². The lowest BCUT2D eigenvalue weighted by Crippen LogP contribution is -2.22. The topological polar surface area (TPSA) is 82.2 Å². The van der Waals surface area contributed by atoms with Crippen molar-refractivity contribution in [3.63, 3.8) is 0 Å². The number of amides is 1. The summed E-state index contributed by atoms with van der Waals surface area (Å²) in [7, 11) is 0. The predicted octanol–water partition coefficient (Wildman–Crippen LogP) is 2.59. The number of ether oxygens (including phenoxy) is 1. The number of nitrogen functional groups attached to an aromatic ring is 1. The molecule has 2 aromatic rings. The smallest absolute Gasteiger partial charge is 0.251 e. The highest BCUT2D eigenvalue weighted by Crippen LogP contribution is 2.28. The van der Waals surface area contributed by atoms with Crippen LogP contribution in [0.15, 0.2) is 30.6 Å². The number of nitrogens with one attached hydrogen (secondary N) is 1. The average Bonchev–Trinajstić information content (AvgIpc) is 2.90. The standard InChI is InChI=1S/C15H20N4O2/c1-4-17-15(20)11-5-6-13(16)14(7-11)21-12-8-18-19(9-12)10(2)3/h5-10H,4,16H2,1-3H3,(H,17,20). The van der Waals surface area contributed by atoms with Crippen LogP contribution in [-0.4, -0.2) is 22.2 Å². The minimum absolute atomic E-state index is 0.153. The molecule has 0 aliphatic carbocycles. The van der Waals surface area contributed by atoms with E-state index >= 15 is 0 Å². The van der Waals surface area contributed by atoms with Crippen LogP contribution in [0.2, 0.25) is 0 Å². The molecule has 0 unspecified atom stereocenters. The molecule has 0 atom stereocenters. The van der Waals surface area contributed by atoms with Gasteiger partial charge in [-0.1, -0.05) is 0 Å². The first kappa shape index (κ1) is 14.9. The average molecular weight is 288 g/mol. The van der Waals surface area contributed by atoms with E-state index in [1.807, 2.05) is 20.8 Å². The number of hydrogen-bond donors (Lipinski definition) is 2. The molecule has 3 N–H and O–H groups in total. The fraction of sp³-hybridized carbons (Fsp3) is 0.333. The second-order valence-electron chi connectivity index (χ2n) is 4.96. The monoisotopic (exact) mass is 288 g/mol. The minimum atomic E-state index is -0.153. The summed E-state index contributed by atoms with van der Waals surface area (Å²) in [5.41, 5.74) is 6.88. The van der Waals surface area contributed by atoms with Gasteiger partial charge in [0.15, 0.2) is 11.5 Å². The van der Waals surface area contributed by atoms with Crippen molar-refractivity contribution in [2.75, 3.05) is 12.3 Å². The fourth-order valence-electron chi connectivity index (χ4n) is 1.81. The van der Waals surface area contributed by atoms with Crippen molar-refractivity contribution in [3.05, 3.63) is 36.2 Å². The molecule has 0 saturated heterocycles. The molecule has 0 fully saturated rings. The largest absolute Gasteiger partial charge is 0.452 e. The van der Waals surface area contributed by atoms with E-state index in [0.717, 1.165) is 0 Å². The van der Waals surface area contributed by atoms with Crippen LogP contribution in [0.3, 0.4) is 0 Å². The third kappa shape index (κ3) is 3.53. The van der Waals surface area contributed by atoms with Crippen molar-refractivity contribution in [1.82, 2.24) is 15.1 Å². The van der Waals surface area contributed by atoms with Crippen molar-refractivity contribution >= 4 is 11.6 Å². The lowest BCUT2D eigenvalue weighted by Gasteiger charge is -2.09. The maximum atomic E-state index is 11.8. The van der Waals surface area contributed by atoms with Gasteiger partial charge >= 0.3 is 0 Å². The van der Waals surface area contributed by atoms with Gasteiger partial charge in [-0.2, -0.15) is 5.10 Å². The summed E-state index contributed by atoms with van der Waals surface area (Å²) in [6, 6.07) is 5.21. The number of rotatable bonds is 5. The third-order valence-electron chi connectivity index (χ3n) is 2.95. The summed E-state index contributed by atoms with van der Waals surface area (Å²) >= 11 is 0. The molecule has 1 heterocycles. The number of carbonyl (C=O) groups is 1. The highest BCUT2D eigenvalue weighted by atomic mass is 16.5. The molecule has 21 heavy (non-hydrogen) atoms. The van der Waals surface area contributed by atoms with Gasteiger partial charge in [0.1, 0.15) is 0 Å². The molecular formula is C15H20N4O2. The van der Waals surface area contributed by atoms with E-state index in [1.54, 1.807) is 35.3 Å². The zero-order valence-corrected chi connectivity index (χ0v) is 12.5. The van der Waals surface area contributed by atoms with Crippen LogP contribution in [-0.2, 0) is 0 Å². The molecule has 6 nitrogen and oxygen atoms in total. The van der Waals surface area contributed by atoms with Crippen LogP contribution in [0.25, 0.3) is 0 Å². The van der Waals surface area contributed by atoms with Gasteiger partial charge in [-0.15, -0.1) is 0 Å². The van der Waals surface area contributed by atoms with E-state index in [1.165, 1.54) is 0 Å². The van der Waals surface area contributed by atoms with Gasteiger partial charge in [0, 0.05) is 18.2 Å². The number of anilines is 1. The quantitative estimate of drug-likeness (QED) is 0.828. The Morgan fingerprint density at radius 1 is 1.48 bits per heavy atom. The Morgan fingerprint density at radius 2 is 2.24 bits per heavy atom. The third-order valence-corrected chi connectivity index (χ3v) is 2.95. The van der Waals surface area contributed by atoms with E-state index in [4.69, 9.17) is 10.5 Å². The number of carbonyl (C=O) groups excluding carboxylic acids is 1. The zero-order valence-electron chi connectivity index (χ0n) is 12.5. The Balaban J connectivity index is 2.22. The molecule has 0 bridgehead atoms. The fourth-order valence-corrected chi connectivity index (χ4v) is 1.81. The number of benzene rings is 1. The minimum Gasteiger partial charge on any atom is -0.452 e. The van der Waals surface area contributed by atoms with Gasteiger partial charge in [0.2, 0.25) is 0 Å². The number of nitrogens with zero attached hydrogens (tertiary/aromatic N) is 2. The van der Waals surface area contributed by atoms with Gasteiger partial charge in [0.05, 0.1) is 18.1 Å². The van der Waals surface area contributed by atoms with Crippen LogP contribution in [0.1, 0.15) is 37.2 Å². The molecule has 6 heteroatoms. The highest BCUT2D eigenvalue weighted by Gasteiger charge is 2.10. The van der Waals surface area contributed by atoms with Crippen LogP contribution in [0.5, 0.6) is 11.5 Å². The van der Waals surface area contributed by atoms with E-state index in [2.05, 4.69) is 10.4 Å². The van der Waals surface area contributed by atoms with E-state index < -0.39 is 0 Å². The van der Waals surface area contributed by atoms with E-state index in [0.29, 0.717) is 29.3 Å². The second-order valence-corrected chi connectivity index (χ2v) is 4.96. The first-order valence-corrected chi connectivity index (χ1v) is 6.91. The van der Waals surface area contributed by atoms with Gasteiger partial charge < -0.3 is 15.8 Å². The zero-order chi connectivity index (χ0) is 15.4. The van der Waals surface area contributed by atoms with Gasteiger partial charge in [-0.25, -0.2) is 0 Å². The molecule has 0 spiro atoms. The molecule has 0 radical (unpaired) electrons. The maximum absolute atomic E-state index is 11.8. The van der Waals surface area contributed by atoms with Gasteiger partial charge in [-0.05, 0) is 39.0 Å². The first-order chi connectivity index (χ1) is 10.0. The Hall–Kier alpha value is -2.50. The molecule has 1 aromatic heterocycles. The van der Waals surface area contributed by atoms with E-state index in [9.17, 15) is 4.79 Å². The first-order valence-electron chi connectivity index (χ1n) is 6.91. The maximum Gasteiger partial charge on any atom is 0.251 e. The highest BCUT2D eigenvalue weighted by molar-refractivity contribution is 5.95. The lowest BCUT2D eigenvalue weighted by atomic mass is 10.2. The van der Waals surface area contributed by atoms with Gasteiger partial charge in [0.25, 0.3) is 5.91 Å². The Bertz CT molecular complexity index is 634. The van der Waals surface area contributed by atoms with Crippen LogP contribution in [0, 0.1) is 0 Å². The van der Waals surface area contributed by atoms with Crippen molar-refractivity contribution in [2.45, 2.75) is 26.8 Å². The molecule has 0 saturated carbocycles. The molecule has 1 aromatic carbocycles. The summed E-state index contributed by atoms with van der Waals surface area (Å²) in [5, 5.41) is 6.94. The van der Waals surface area contributed by atoms with Crippen molar-refractivity contribution < 1.29 is 9.53 Å². The summed E-state index contributed by atoms with van der Waals surface area (Å²) in [4.78, 5) is 11.8. The normalized spacial score (nSPS) is 10.7. The van der Waals surface area contributed by atoms with Crippen LogP contribution >= 0.6 is 0 Å². The lowest BCUT2D eigenvalue weighted by molar-refractivity contribution is 0.0955. The number of aromatic nitrogens is 2. The summed E-state index contributed by atoms with van der Waals surface area (Å²) in [5.74, 6) is 0.880. The van der Waals surface area contributed by atoms with Gasteiger partial charge in [-0.3, -0.25) is 9.48 Å². The Labute approximate surface area is 123 Å². The molecule has 112 valence electrons. The van der Waals surface area contributed by atoms with Crippen molar-refractivity contribution in [1.29, 1.82) is 0 Å². The summed E-state index contributed by atoms with van der Waals surface area (Å²) in [6.07, 6.45) is 3.42. The number of hydrogen-bond acceptors (Lipinski definition) is 4. The number of nitrogens with two attached hydrogens (primary N) is 1. The molecular weight excluding hydrogens is 268 g/mol. The van der Waals surface area contributed by atoms with Crippen LogP contribution < -0.4 is 15.8 Å². The summed E-state index contributed by atoms with van der Waals surface area (Å²) in [6.45, 7) is 6.50. The molecule has 0 aliphatic heterocycles. The SMILES string of the molecule is CCNC(=O)c1ccc(N)c(Oc2cnn(C(C)C)c2)c1. The second kappa shape index (κ2) is 6.30. The molecule has 0 aliphatic rings. The molecule has 1 amide bonds. The Morgan fingerprint density at radius 3 is 2.86 bits per heavy atom. The van der Waals surface area contributed by atoms with Crippen LogP contribution in [0.4, 0.5) is 5.69 Å². The van der Waals surface area contributed by atoms with Crippen molar-refractivity contribution in [2.24, 2.45) is 0 Å². The summed E-state index contributed by atoms with van der Waals surface area (Å²) < 4.78 is 7.51. The molecule has 2 rings (SSSR count). The predicted molar refractivity (Wildman–Crippen MR) is 81.5 cm³/mol. The Kier molecular flexibility index (Phi) is 4.47. The van der Waals surface area contributed by atoms with Crippen molar-refractivity contribution in [3.8, 4) is 11.5 Å².